The molecule has 3 atom stereocenters. The fraction of sp³-hybridized carbons (Fsp3) is 0.389. The lowest BCUT2D eigenvalue weighted by atomic mass is 9.99. The molecule has 0 unspecified atom stereocenters. The number of nitrogens with one attached hydrogen (secondary N) is 3. The Hall–Kier alpha value is -2.83. The highest BCUT2D eigenvalue weighted by atomic mass is 16.2. The summed E-state index contributed by atoms with van der Waals surface area (Å²) < 4.78 is 0. The molecule has 0 saturated carbocycles. The molecule has 0 aromatic heterocycles. The van der Waals surface area contributed by atoms with Gasteiger partial charge in [0.05, 0.1) is 6.04 Å². The van der Waals surface area contributed by atoms with Gasteiger partial charge < -0.3 is 20.9 Å². The van der Waals surface area contributed by atoms with Crippen molar-refractivity contribution < 1.29 is 14.4 Å². The maximum atomic E-state index is 12.7. The van der Waals surface area contributed by atoms with E-state index in [1.807, 2.05) is 30.3 Å². The van der Waals surface area contributed by atoms with Crippen molar-refractivity contribution >= 4 is 17.8 Å². The summed E-state index contributed by atoms with van der Waals surface area (Å²) in [5.41, 5.74) is 0.997. The highest BCUT2D eigenvalue weighted by Crippen LogP contribution is 2.24. The summed E-state index contributed by atoms with van der Waals surface area (Å²) in [7, 11) is 0. The molecule has 1 aromatic carbocycles. The summed E-state index contributed by atoms with van der Waals surface area (Å²) in [5.74, 6) is -0.309. The standard InChI is InChI=1S/C18H22N4O3/c1-2-9-19-18(25)21-13-8-10-22-15(13)16(23)20-14(17(22)24)11-12-6-4-3-5-7-12/h2-7,13-15H,1,8-11H2,(H,20,23)(H2,19,21,25)/t13-,14+,15-/m0/s1. The predicted molar refractivity (Wildman–Crippen MR) is 92.7 cm³/mol. The molecule has 3 N–H and O–H groups in total. The third kappa shape index (κ3) is 3.65. The molecule has 132 valence electrons. The van der Waals surface area contributed by atoms with Crippen LogP contribution in [0.5, 0.6) is 0 Å². The van der Waals surface area contributed by atoms with E-state index in [1.165, 1.54) is 0 Å². The Balaban J connectivity index is 1.65. The first-order valence-electron chi connectivity index (χ1n) is 8.40. The summed E-state index contributed by atoms with van der Waals surface area (Å²) in [6, 6.07) is 7.65. The van der Waals surface area contributed by atoms with Gasteiger partial charge in [-0.2, -0.15) is 0 Å². The summed E-state index contributed by atoms with van der Waals surface area (Å²) >= 11 is 0. The second-order valence-corrected chi connectivity index (χ2v) is 6.27. The first-order chi connectivity index (χ1) is 12.1. The predicted octanol–water partition coefficient (Wildman–Crippen LogP) is 0.182. The fourth-order valence-corrected chi connectivity index (χ4v) is 3.41. The first kappa shape index (κ1) is 17.0. The summed E-state index contributed by atoms with van der Waals surface area (Å²) in [6.45, 7) is 4.35. The van der Waals surface area contributed by atoms with Crippen LogP contribution in [0, 0.1) is 0 Å². The molecule has 3 rings (SSSR count). The highest BCUT2D eigenvalue weighted by Gasteiger charge is 2.48. The number of amides is 4. The van der Waals surface area contributed by atoms with Gasteiger partial charge in [0.25, 0.3) is 0 Å². The van der Waals surface area contributed by atoms with E-state index < -0.39 is 12.1 Å². The lowest BCUT2D eigenvalue weighted by Crippen LogP contribution is -2.65. The number of piperazine rings is 1. The van der Waals surface area contributed by atoms with Gasteiger partial charge in [-0.05, 0) is 12.0 Å². The van der Waals surface area contributed by atoms with Crippen molar-refractivity contribution in [3.8, 4) is 0 Å². The number of nitrogens with zero attached hydrogens (tertiary/aromatic N) is 1. The smallest absolute Gasteiger partial charge is 0.315 e. The molecule has 2 aliphatic rings. The van der Waals surface area contributed by atoms with Crippen LogP contribution in [0.4, 0.5) is 4.79 Å². The lowest BCUT2D eigenvalue weighted by molar-refractivity contribution is -0.147. The van der Waals surface area contributed by atoms with Gasteiger partial charge >= 0.3 is 6.03 Å². The second kappa shape index (κ2) is 7.38. The molecule has 7 nitrogen and oxygen atoms in total. The van der Waals surface area contributed by atoms with Crippen molar-refractivity contribution in [2.75, 3.05) is 13.1 Å². The van der Waals surface area contributed by atoms with Crippen LogP contribution in [0.25, 0.3) is 0 Å². The van der Waals surface area contributed by atoms with E-state index in [9.17, 15) is 14.4 Å². The Morgan fingerprint density at radius 2 is 2.08 bits per heavy atom. The molecular formula is C18H22N4O3. The third-order valence-corrected chi connectivity index (χ3v) is 4.57. The Morgan fingerprint density at radius 3 is 2.80 bits per heavy atom. The number of carbonyl (C=O) groups excluding carboxylic acids is 3. The highest BCUT2D eigenvalue weighted by molar-refractivity contribution is 5.98. The third-order valence-electron chi connectivity index (χ3n) is 4.57. The molecule has 0 aliphatic carbocycles. The number of benzene rings is 1. The lowest BCUT2D eigenvalue weighted by Gasteiger charge is -2.36. The number of hydrogen-bond donors (Lipinski definition) is 3. The summed E-state index contributed by atoms with van der Waals surface area (Å²) in [5, 5.41) is 8.21. The van der Waals surface area contributed by atoms with Crippen molar-refractivity contribution in [2.24, 2.45) is 0 Å². The molecule has 1 aromatic rings. The molecule has 0 spiro atoms. The number of fused-ring (bicyclic) bond motifs is 1. The van der Waals surface area contributed by atoms with Crippen LogP contribution in [0.15, 0.2) is 43.0 Å². The van der Waals surface area contributed by atoms with Crippen molar-refractivity contribution in [2.45, 2.75) is 31.0 Å². The van der Waals surface area contributed by atoms with E-state index in [0.29, 0.717) is 25.9 Å². The molecule has 25 heavy (non-hydrogen) atoms. The minimum atomic E-state index is -0.644. The number of carbonyl (C=O) groups is 3. The topological polar surface area (TPSA) is 90.5 Å². The molecule has 0 radical (unpaired) electrons. The molecule has 4 amide bonds. The Kier molecular flexibility index (Phi) is 5.02. The minimum Gasteiger partial charge on any atom is -0.342 e. The van der Waals surface area contributed by atoms with Gasteiger partial charge in [-0.3, -0.25) is 9.59 Å². The van der Waals surface area contributed by atoms with E-state index >= 15 is 0 Å². The Morgan fingerprint density at radius 1 is 1.32 bits per heavy atom. The fourth-order valence-electron chi connectivity index (χ4n) is 3.41. The van der Waals surface area contributed by atoms with E-state index in [4.69, 9.17) is 0 Å². The molecule has 2 aliphatic heterocycles. The molecule has 2 fully saturated rings. The first-order valence-corrected chi connectivity index (χ1v) is 8.40. The van der Waals surface area contributed by atoms with E-state index in [1.54, 1.807) is 11.0 Å². The minimum absolute atomic E-state index is 0.0933. The van der Waals surface area contributed by atoms with Crippen LogP contribution < -0.4 is 16.0 Å². The van der Waals surface area contributed by atoms with Crippen LogP contribution in [0.1, 0.15) is 12.0 Å². The van der Waals surface area contributed by atoms with Crippen molar-refractivity contribution in [1.82, 2.24) is 20.9 Å². The van der Waals surface area contributed by atoms with Gasteiger partial charge in [0, 0.05) is 19.5 Å². The van der Waals surface area contributed by atoms with Crippen LogP contribution in [-0.4, -0.2) is 54.0 Å². The van der Waals surface area contributed by atoms with Crippen LogP contribution >= 0.6 is 0 Å². The number of urea groups is 1. The molecule has 2 saturated heterocycles. The maximum absolute atomic E-state index is 12.7. The van der Waals surface area contributed by atoms with Gasteiger partial charge in [0.1, 0.15) is 12.1 Å². The van der Waals surface area contributed by atoms with Crippen LogP contribution in [0.3, 0.4) is 0 Å². The Labute approximate surface area is 146 Å². The zero-order chi connectivity index (χ0) is 17.8. The molecule has 2 heterocycles. The van der Waals surface area contributed by atoms with E-state index in [2.05, 4.69) is 22.5 Å². The van der Waals surface area contributed by atoms with Crippen molar-refractivity contribution in [3.05, 3.63) is 48.6 Å². The molecule has 0 bridgehead atoms. The van der Waals surface area contributed by atoms with Crippen LogP contribution in [-0.2, 0) is 16.0 Å². The molecule has 7 heteroatoms. The summed E-state index contributed by atoms with van der Waals surface area (Å²) in [6.07, 6.45) is 2.60. The molecular weight excluding hydrogens is 320 g/mol. The maximum Gasteiger partial charge on any atom is 0.315 e. The number of rotatable bonds is 5. The van der Waals surface area contributed by atoms with Crippen LogP contribution in [0.2, 0.25) is 0 Å². The zero-order valence-electron chi connectivity index (χ0n) is 13.9. The second-order valence-electron chi connectivity index (χ2n) is 6.27. The van der Waals surface area contributed by atoms with Crippen molar-refractivity contribution in [3.63, 3.8) is 0 Å². The number of hydrogen-bond acceptors (Lipinski definition) is 3. The van der Waals surface area contributed by atoms with Gasteiger partial charge in [-0.25, -0.2) is 4.79 Å². The van der Waals surface area contributed by atoms with Gasteiger partial charge in [-0.1, -0.05) is 36.4 Å². The zero-order valence-corrected chi connectivity index (χ0v) is 13.9. The van der Waals surface area contributed by atoms with Gasteiger partial charge in [0.15, 0.2) is 0 Å². The average molecular weight is 342 g/mol. The summed E-state index contributed by atoms with van der Waals surface area (Å²) in [4.78, 5) is 38.7. The average Bonchev–Trinajstić information content (AvgIpc) is 3.03. The monoisotopic (exact) mass is 342 g/mol. The normalized spacial score (nSPS) is 25.1. The van der Waals surface area contributed by atoms with Gasteiger partial charge in [0.2, 0.25) is 11.8 Å². The quantitative estimate of drug-likeness (QED) is 0.667. The van der Waals surface area contributed by atoms with Gasteiger partial charge in [-0.15, -0.1) is 6.58 Å². The largest absolute Gasteiger partial charge is 0.342 e. The van der Waals surface area contributed by atoms with E-state index in [-0.39, 0.29) is 23.9 Å². The SMILES string of the molecule is C=CCNC(=O)N[C@H]1CCN2C(=O)[C@@H](Cc3ccccc3)NC(=O)[C@H]12. The van der Waals surface area contributed by atoms with E-state index in [0.717, 1.165) is 5.56 Å². The Bertz CT molecular complexity index is 676. The van der Waals surface area contributed by atoms with Crippen molar-refractivity contribution in [1.29, 1.82) is 0 Å².